The molecule has 0 spiro atoms. The molecular weight excluding hydrogens is 112 g/mol. The predicted molar refractivity (Wildman–Crippen MR) is 34.2 cm³/mol. The number of nitrogens with zero attached hydrogens (tertiary/aromatic N) is 2. The summed E-state index contributed by atoms with van der Waals surface area (Å²) in [6.45, 7) is 3.68. The van der Waals surface area contributed by atoms with Crippen molar-refractivity contribution < 1.29 is 0 Å². The maximum atomic E-state index is 8.46. The number of hydrogen-bond donors (Lipinski definition) is 0. The minimum Gasteiger partial charge on any atom is -0.198 e. The van der Waals surface area contributed by atoms with Crippen molar-refractivity contribution >= 4 is 0 Å². The highest BCUT2D eigenvalue weighted by molar-refractivity contribution is 4.93. The summed E-state index contributed by atoms with van der Waals surface area (Å²) >= 11 is 0. The van der Waals surface area contributed by atoms with Crippen LogP contribution in [0.4, 0.5) is 0 Å². The van der Waals surface area contributed by atoms with Crippen LogP contribution in [0, 0.1) is 28.1 Å². The van der Waals surface area contributed by atoms with E-state index in [0.29, 0.717) is 12.8 Å². The zero-order chi connectivity index (χ0) is 7.33. The normalized spacial score (nSPS) is 9.78. The molecule has 0 saturated carbocycles. The van der Waals surface area contributed by atoms with Crippen LogP contribution in [0.5, 0.6) is 0 Å². The Hall–Kier alpha value is -1.02. The van der Waals surface area contributed by atoms with Crippen molar-refractivity contribution in [3.05, 3.63) is 0 Å². The Morgan fingerprint density at radius 3 is 2.22 bits per heavy atom. The molecule has 2 nitrogen and oxygen atoms in total. The molecule has 0 aliphatic rings. The monoisotopic (exact) mass is 122 g/mol. The molecule has 0 aromatic heterocycles. The molecule has 9 heavy (non-hydrogen) atoms. The Morgan fingerprint density at radius 2 is 1.89 bits per heavy atom. The molecule has 0 aromatic rings. The fourth-order valence-corrected chi connectivity index (χ4v) is 0.424. The van der Waals surface area contributed by atoms with Gasteiger partial charge in [-0.25, -0.2) is 0 Å². The molecule has 0 radical (unpaired) electrons. The SMILES string of the molecule is CC(C)(C#N)CCC#N. The molecule has 0 aromatic carbocycles. The van der Waals surface area contributed by atoms with E-state index in [1.54, 1.807) is 0 Å². The van der Waals surface area contributed by atoms with Crippen LogP contribution in [0.3, 0.4) is 0 Å². The van der Waals surface area contributed by atoms with Crippen molar-refractivity contribution in [1.29, 1.82) is 10.5 Å². The van der Waals surface area contributed by atoms with Gasteiger partial charge in [0.25, 0.3) is 0 Å². The first-order valence-electron chi connectivity index (χ1n) is 2.90. The Labute approximate surface area is 55.7 Å². The molecule has 0 saturated heterocycles. The van der Waals surface area contributed by atoms with Gasteiger partial charge in [-0.15, -0.1) is 0 Å². The van der Waals surface area contributed by atoms with E-state index in [4.69, 9.17) is 10.5 Å². The van der Waals surface area contributed by atoms with Crippen LogP contribution in [0.2, 0.25) is 0 Å². The summed E-state index contributed by atoms with van der Waals surface area (Å²) in [6.07, 6.45) is 1.14. The summed E-state index contributed by atoms with van der Waals surface area (Å²) in [5.74, 6) is 0. The Morgan fingerprint density at radius 1 is 1.33 bits per heavy atom. The third kappa shape index (κ3) is 3.55. The van der Waals surface area contributed by atoms with Crippen molar-refractivity contribution in [2.75, 3.05) is 0 Å². The first-order valence-corrected chi connectivity index (χ1v) is 2.90. The third-order valence-corrected chi connectivity index (χ3v) is 1.16. The molecular formula is C7H10N2. The molecule has 0 N–H and O–H groups in total. The highest BCUT2D eigenvalue weighted by Gasteiger charge is 2.14. The number of nitriles is 2. The highest BCUT2D eigenvalue weighted by Crippen LogP contribution is 2.19. The van der Waals surface area contributed by atoms with Gasteiger partial charge in [-0.05, 0) is 20.3 Å². The van der Waals surface area contributed by atoms with Crippen LogP contribution in [0.1, 0.15) is 26.7 Å². The molecule has 0 heterocycles. The van der Waals surface area contributed by atoms with Gasteiger partial charge in [0.1, 0.15) is 0 Å². The lowest BCUT2D eigenvalue weighted by Crippen LogP contribution is -2.06. The lowest BCUT2D eigenvalue weighted by Gasteiger charge is -2.10. The molecule has 0 fully saturated rings. The summed E-state index contributed by atoms with van der Waals surface area (Å²) in [7, 11) is 0. The van der Waals surface area contributed by atoms with Crippen LogP contribution in [-0.2, 0) is 0 Å². The van der Waals surface area contributed by atoms with E-state index in [-0.39, 0.29) is 5.41 Å². The van der Waals surface area contributed by atoms with Gasteiger partial charge < -0.3 is 0 Å². The summed E-state index contributed by atoms with van der Waals surface area (Å²) in [4.78, 5) is 0. The second-order valence-corrected chi connectivity index (χ2v) is 2.65. The molecule has 0 aliphatic heterocycles. The molecule has 0 aliphatic carbocycles. The molecule has 0 amide bonds. The topological polar surface area (TPSA) is 47.6 Å². The zero-order valence-corrected chi connectivity index (χ0v) is 5.81. The highest BCUT2D eigenvalue weighted by atomic mass is 14.3. The first kappa shape index (κ1) is 7.98. The van der Waals surface area contributed by atoms with E-state index in [2.05, 4.69) is 6.07 Å². The third-order valence-electron chi connectivity index (χ3n) is 1.16. The smallest absolute Gasteiger partial charge is 0.0684 e. The van der Waals surface area contributed by atoms with E-state index in [1.165, 1.54) is 0 Å². The van der Waals surface area contributed by atoms with Gasteiger partial charge in [-0.3, -0.25) is 0 Å². The Balaban J connectivity index is 3.65. The van der Waals surface area contributed by atoms with Gasteiger partial charge in [-0.1, -0.05) is 0 Å². The van der Waals surface area contributed by atoms with E-state index < -0.39 is 0 Å². The Kier molecular flexibility index (Phi) is 2.74. The van der Waals surface area contributed by atoms with Gasteiger partial charge >= 0.3 is 0 Å². The summed E-state index contributed by atoms with van der Waals surface area (Å²) in [5.41, 5.74) is -0.324. The fourth-order valence-electron chi connectivity index (χ4n) is 0.424. The quantitative estimate of drug-likeness (QED) is 0.561. The second-order valence-electron chi connectivity index (χ2n) is 2.65. The second kappa shape index (κ2) is 3.10. The molecule has 2 heteroatoms. The van der Waals surface area contributed by atoms with Crippen LogP contribution in [0.25, 0.3) is 0 Å². The first-order chi connectivity index (χ1) is 4.12. The molecule has 0 unspecified atom stereocenters. The average molecular weight is 122 g/mol. The van der Waals surface area contributed by atoms with Crippen molar-refractivity contribution in [1.82, 2.24) is 0 Å². The van der Waals surface area contributed by atoms with Crippen molar-refractivity contribution in [3.63, 3.8) is 0 Å². The lowest BCUT2D eigenvalue weighted by atomic mass is 9.90. The van der Waals surface area contributed by atoms with Crippen LogP contribution in [-0.4, -0.2) is 0 Å². The minimum absolute atomic E-state index is 0.324. The van der Waals surface area contributed by atoms with E-state index >= 15 is 0 Å². The summed E-state index contributed by atoms with van der Waals surface area (Å²) < 4.78 is 0. The molecule has 0 atom stereocenters. The van der Waals surface area contributed by atoms with Gasteiger partial charge in [-0.2, -0.15) is 10.5 Å². The maximum absolute atomic E-state index is 8.46. The van der Waals surface area contributed by atoms with Crippen LogP contribution >= 0.6 is 0 Å². The molecule has 48 valence electrons. The molecule has 0 rings (SSSR count). The van der Waals surface area contributed by atoms with Crippen LogP contribution in [0.15, 0.2) is 0 Å². The fraction of sp³-hybridized carbons (Fsp3) is 0.714. The molecule has 0 bridgehead atoms. The van der Waals surface area contributed by atoms with E-state index in [1.807, 2.05) is 19.9 Å². The summed E-state index contributed by atoms with van der Waals surface area (Å²) in [5, 5.41) is 16.6. The van der Waals surface area contributed by atoms with Crippen molar-refractivity contribution in [2.24, 2.45) is 5.41 Å². The van der Waals surface area contributed by atoms with Gasteiger partial charge in [0.2, 0.25) is 0 Å². The van der Waals surface area contributed by atoms with Gasteiger partial charge in [0.15, 0.2) is 0 Å². The Bertz CT molecular complexity index is 157. The van der Waals surface area contributed by atoms with E-state index in [0.717, 1.165) is 0 Å². The summed E-state index contributed by atoms with van der Waals surface area (Å²) in [6, 6.07) is 4.13. The lowest BCUT2D eigenvalue weighted by molar-refractivity contribution is 0.459. The largest absolute Gasteiger partial charge is 0.198 e. The van der Waals surface area contributed by atoms with Crippen molar-refractivity contribution in [2.45, 2.75) is 26.7 Å². The van der Waals surface area contributed by atoms with Gasteiger partial charge in [0, 0.05) is 6.42 Å². The standard InChI is InChI=1S/C7H10N2/c1-7(2,6-9)4-3-5-8/h3-4H2,1-2H3. The van der Waals surface area contributed by atoms with Crippen molar-refractivity contribution in [3.8, 4) is 12.1 Å². The maximum Gasteiger partial charge on any atom is 0.0684 e. The van der Waals surface area contributed by atoms with Gasteiger partial charge in [0.05, 0.1) is 17.6 Å². The number of hydrogen-bond acceptors (Lipinski definition) is 2. The number of rotatable bonds is 2. The van der Waals surface area contributed by atoms with E-state index in [9.17, 15) is 0 Å². The predicted octanol–water partition coefficient (Wildman–Crippen LogP) is 1.84. The van der Waals surface area contributed by atoms with Crippen LogP contribution < -0.4 is 0 Å². The average Bonchev–Trinajstić information content (AvgIpc) is 1.84. The zero-order valence-electron chi connectivity index (χ0n) is 5.81. The minimum atomic E-state index is -0.324.